The highest BCUT2D eigenvalue weighted by Gasteiger charge is 2.29. The van der Waals surface area contributed by atoms with Gasteiger partial charge in [-0.1, -0.05) is 0 Å². The summed E-state index contributed by atoms with van der Waals surface area (Å²) in [4.78, 5) is 21.7. The van der Waals surface area contributed by atoms with Crippen molar-refractivity contribution in [2.24, 2.45) is 5.92 Å². The van der Waals surface area contributed by atoms with Gasteiger partial charge in [-0.05, 0) is 45.6 Å². The molecule has 1 saturated carbocycles. The fraction of sp³-hybridized carbons (Fsp3) is 0.733. The van der Waals surface area contributed by atoms with Crippen LogP contribution in [0.5, 0.6) is 0 Å². The van der Waals surface area contributed by atoms with Gasteiger partial charge in [0.05, 0.1) is 0 Å². The fourth-order valence-electron chi connectivity index (χ4n) is 3.04. The molecule has 0 bridgehead atoms. The number of H-pyrrole nitrogens is 1. The van der Waals surface area contributed by atoms with Gasteiger partial charge < -0.3 is 15.2 Å². The van der Waals surface area contributed by atoms with E-state index in [1.165, 1.54) is 12.8 Å². The molecule has 2 aliphatic rings. The topological polar surface area (TPSA) is 61.0 Å². The molecule has 2 unspecified atom stereocenters. The lowest BCUT2D eigenvalue weighted by Crippen LogP contribution is -2.44. The van der Waals surface area contributed by atoms with Gasteiger partial charge >= 0.3 is 0 Å². The number of aromatic amines is 1. The van der Waals surface area contributed by atoms with Crippen molar-refractivity contribution in [3.05, 3.63) is 22.2 Å². The molecule has 0 amide bonds. The number of nitrogens with one attached hydrogen (secondary N) is 2. The highest BCUT2D eigenvalue weighted by molar-refractivity contribution is 5.39. The van der Waals surface area contributed by atoms with Gasteiger partial charge in [-0.15, -0.1) is 0 Å². The van der Waals surface area contributed by atoms with Crippen molar-refractivity contribution in [3.63, 3.8) is 0 Å². The summed E-state index contributed by atoms with van der Waals surface area (Å²) in [5, 5.41) is 3.34. The van der Waals surface area contributed by atoms with Crippen molar-refractivity contribution in [1.82, 2.24) is 15.3 Å². The molecule has 0 radical (unpaired) electrons. The zero-order chi connectivity index (χ0) is 14.1. The molecule has 0 aromatic carbocycles. The van der Waals surface area contributed by atoms with E-state index < -0.39 is 0 Å². The number of nitrogens with zero attached hydrogens (tertiary/aromatic N) is 2. The van der Waals surface area contributed by atoms with Gasteiger partial charge in [0.25, 0.3) is 5.56 Å². The summed E-state index contributed by atoms with van der Waals surface area (Å²) in [5.74, 6) is 2.86. The number of piperidine rings is 1. The van der Waals surface area contributed by atoms with Crippen LogP contribution in [0.25, 0.3) is 0 Å². The highest BCUT2D eigenvalue weighted by Crippen LogP contribution is 2.38. The third-order valence-electron chi connectivity index (χ3n) is 4.65. The summed E-state index contributed by atoms with van der Waals surface area (Å²) in [7, 11) is 2.01. The monoisotopic (exact) mass is 276 g/mol. The first kappa shape index (κ1) is 13.6. The Labute approximate surface area is 119 Å². The van der Waals surface area contributed by atoms with Crippen molar-refractivity contribution >= 4 is 5.82 Å². The second-order valence-corrected chi connectivity index (χ2v) is 6.19. The maximum atomic E-state index is 11.8. The van der Waals surface area contributed by atoms with Crippen LogP contribution in [-0.4, -0.2) is 36.1 Å². The minimum Gasteiger partial charge on any atom is -0.356 e. The molecule has 1 aliphatic carbocycles. The lowest BCUT2D eigenvalue weighted by atomic mass is 9.92. The van der Waals surface area contributed by atoms with Crippen LogP contribution in [0, 0.1) is 5.92 Å². The van der Waals surface area contributed by atoms with E-state index in [0.717, 1.165) is 37.6 Å². The lowest BCUT2D eigenvalue weighted by molar-refractivity contribution is 0.332. The minimum atomic E-state index is -0.0133. The molecular weight excluding hydrogens is 252 g/mol. The Morgan fingerprint density at radius 3 is 2.95 bits per heavy atom. The minimum absolute atomic E-state index is 0.0133. The third kappa shape index (κ3) is 2.87. The van der Waals surface area contributed by atoms with Crippen molar-refractivity contribution in [2.75, 3.05) is 25.0 Å². The third-order valence-corrected chi connectivity index (χ3v) is 4.65. The summed E-state index contributed by atoms with van der Waals surface area (Å²) in [6.07, 6.45) is 4.73. The number of anilines is 1. The van der Waals surface area contributed by atoms with E-state index in [-0.39, 0.29) is 5.56 Å². The molecule has 5 nitrogen and oxygen atoms in total. The largest absolute Gasteiger partial charge is 0.356 e. The summed E-state index contributed by atoms with van der Waals surface area (Å²) >= 11 is 0. The fourth-order valence-corrected chi connectivity index (χ4v) is 3.04. The first-order chi connectivity index (χ1) is 9.67. The second kappa shape index (κ2) is 5.56. The van der Waals surface area contributed by atoms with Gasteiger partial charge in [0.2, 0.25) is 0 Å². The van der Waals surface area contributed by atoms with Crippen LogP contribution >= 0.6 is 0 Å². The van der Waals surface area contributed by atoms with E-state index in [2.05, 4.69) is 27.1 Å². The Balaban J connectivity index is 1.79. The van der Waals surface area contributed by atoms with Crippen LogP contribution in [0.4, 0.5) is 5.82 Å². The highest BCUT2D eigenvalue weighted by atomic mass is 16.1. The van der Waals surface area contributed by atoms with Crippen molar-refractivity contribution in [2.45, 2.75) is 44.6 Å². The first-order valence-corrected chi connectivity index (χ1v) is 7.71. The van der Waals surface area contributed by atoms with Gasteiger partial charge in [0, 0.05) is 31.1 Å². The Kier molecular flexibility index (Phi) is 3.78. The number of aromatic nitrogens is 2. The van der Waals surface area contributed by atoms with Gasteiger partial charge in [0.15, 0.2) is 0 Å². The molecule has 2 fully saturated rings. The Morgan fingerprint density at radius 2 is 2.25 bits per heavy atom. The van der Waals surface area contributed by atoms with E-state index in [4.69, 9.17) is 0 Å². The Bertz CT molecular complexity index is 523. The van der Waals surface area contributed by atoms with Gasteiger partial charge in [0.1, 0.15) is 11.6 Å². The molecule has 1 saturated heterocycles. The zero-order valence-corrected chi connectivity index (χ0v) is 12.4. The normalized spacial score (nSPS) is 24.7. The van der Waals surface area contributed by atoms with E-state index in [0.29, 0.717) is 17.9 Å². The molecule has 3 rings (SSSR count). The molecule has 110 valence electrons. The first-order valence-electron chi connectivity index (χ1n) is 7.71. The van der Waals surface area contributed by atoms with Crippen LogP contribution in [0.2, 0.25) is 0 Å². The maximum Gasteiger partial charge on any atom is 0.252 e. The average molecular weight is 276 g/mol. The predicted molar refractivity (Wildman–Crippen MR) is 80.3 cm³/mol. The zero-order valence-electron chi connectivity index (χ0n) is 12.4. The van der Waals surface area contributed by atoms with Crippen LogP contribution in [0.15, 0.2) is 10.9 Å². The molecule has 2 atom stereocenters. The average Bonchev–Trinajstić information content (AvgIpc) is 3.30. The van der Waals surface area contributed by atoms with Crippen LogP contribution in [-0.2, 0) is 0 Å². The summed E-state index contributed by atoms with van der Waals surface area (Å²) < 4.78 is 0. The predicted octanol–water partition coefficient (Wildman–Crippen LogP) is 1.47. The molecular formula is C15H24N4O. The van der Waals surface area contributed by atoms with Gasteiger partial charge in [-0.2, -0.15) is 0 Å². The number of hydrogen-bond acceptors (Lipinski definition) is 4. The summed E-state index contributed by atoms with van der Waals surface area (Å²) in [6, 6.07) is 2.15. The van der Waals surface area contributed by atoms with Crippen molar-refractivity contribution in [1.29, 1.82) is 0 Å². The quantitative estimate of drug-likeness (QED) is 0.874. The molecule has 1 aromatic heterocycles. The van der Waals surface area contributed by atoms with E-state index in [9.17, 15) is 4.79 Å². The SMILES string of the molecule is CNC(C)C1CCCN(c2cc(=O)[nH]c(C3CC3)n2)C1. The summed E-state index contributed by atoms with van der Waals surface area (Å²) in [6.45, 7) is 4.23. The van der Waals surface area contributed by atoms with Crippen LogP contribution in [0.1, 0.15) is 44.3 Å². The molecule has 1 aliphatic heterocycles. The molecule has 5 heteroatoms. The van der Waals surface area contributed by atoms with E-state index in [1.54, 1.807) is 6.07 Å². The molecule has 20 heavy (non-hydrogen) atoms. The van der Waals surface area contributed by atoms with E-state index >= 15 is 0 Å². The number of hydrogen-bond donors (Lipinski definition) is 2. The standard InChI is InChI=1S/C15H24N4O/c1-10(16-2)12-4-3-7-19(9-12)13-8-14(20)18-15(17-13)11-5-6-11/h8,10-12,16H,3-7,9H2,1-2H3,(H,17,18,20). The molecule has 2 N–H and O–H groups in total. The summed E-state index contributed by atoms with van der Waals surface area (Å²) in [5.41, 5.74) is -0.0133. The maximum absolute atomic E-state index is 11.8. The second-order valence-electron chi connectivity index (χ2n) is 6.19. The van der Waals surface area contributed by atoms with Gasteiger partial charge in [-0.25, -0.2) is 4.98 Å². The van der Waals surface area contributed by atoms with Crippen LogP contribution < -0.4 is 15.8 Å². The Hall–Kier alpha value is -1.36. The van der Waals surface area contributed by atoms with Gasteiger partial charge in [-0.3, -0.25) is 4.79 Å². The molecule has 1 aromatic rings. The van der Waals surface area contributed by atoms with Crippen molar-refractivity contribution in [3.8, 4) is 0 Å². The Morgan fingerprint density at radius 1 is 1.45 bits per heavy atom. The van der Waals surface area contributed by atoms with E-state index in [1.807, 2.05) is 7.05 Å². The lowest BCUT2D eigenvalue weighted by Gasteiger charge is -2.36. The van der Waals surface area contributed by atoms with Crippen LogP contribution in [0.3, 0.4) is 0 Å². The molecule has 2 heterocycles. The number of rotatable bonds is 4. The molecule has 0 spiro atoms. The smallest absolute Gasteiger partial charge is 0.252 e. The van der Waals surface area contributed by atoms with Crippen molar-refractivity contribution < 1.29 is 0 Å².